The number of anilines is 1. The third kappa shape index (κ3) is 3.33. The van der Waals surface area contributed by atoms with Crippen LogP contribution in [0.15, 0.2) is 59.0 Å². The van der Waals surface area contributed by atoms with Crippen molar-refractivity contribution < 1.29 is 9.34 Å². The predicted octanol–water partition coefficient (Wildman–Crippen LogP) is 4.29. The van der Waals surface area contributed by atoms with Gasteiger partial charge in [-0.2, -0.15) is 10.2 Å². The van der Waals surface area contributed by atoms with E-state index in [-0.39, 0.29) is 34.8 Å². The van der Waals surface area contributed by atoms with E-state index in [9.17, 15) is 15.4 Å². The van der Waals surface area contributed by atoms with E-state index in [0.29, 0.717) is 0 Å². The molecule has 2 aromatic carbocycles. The number of nitriles is 1. The molecule has 0 amide bonds. The molecule has 3 rings (SSSR count). The van der Waals surface area contributed by atoms with Crippen LogP contribution in [0.25, 0.3) is 11.5 Å². The van der Waals surface area contributed by atoms with E-state index in [1.54, 1.807) is 12.1 Å². The molecule has 0 aliphatic rings. The van der Waals surface area contributed by atoms with Gasteiger partial charge in [0, 0.05) is 6.07 Å². The highest BCUT2D eigenvalue weighted by Crippen LogP contribution is 2.33. The maximum absolute atomic E-state index is 11.2. The summed E-state index contributed by atoms with van der Waals surface area (Å²) >= 11 is 0. The maximum atomic E-state index is 11.2. The van der Waals surface area contributed by atoms with Crippen LogP contribution < -0.4 is 5.32 Å². The summed E-state index contributed by atoms with van der Waals surface area (Å²) in [6, 6.07) is 17.6. The summed E-state index contributed by atoms with van der Waals surface area (Å²) in [5, 5.41) is 23.6. The molecular formula is C18H14N4O3. The van der Waals surface area contributed by atoms with Crippen molar-refractivity contribution in [3.05, 3.63) is 76.0 Å². The van der Waals surface area contributed by atoms with Crippen LogP contribution in [0.2, 0.25) is 0 Å². The van der Waals surface area contributed by atoms with Crippen molar-refractivity contribution >= 4 is 11.6 Å². The summed E-state index contributed by atoms with van der Waals surface area (Å²) in [5.74, 6) is 0.221. The molecule has 0 saturated carbocycles. The second-order valence-electron chi connectivity index (χ2n) is 5.36. The van der Waals surface area contributed by atoms with E-state index in [1.807, 2.05) is 43.3 Å². The molecule has 124 valence electrons. The molecule has 0 bridgehead atoms. The van der Waals surface area contributed by atoms with Crippen LogP contribution in [0, 0.1) is 21.4 Å². The smallest absolute Gasteiger partial charge is 0.282 e. The Kier molecular flexibility index (Phi) is 4.44. The van der Waals surface area contributed by atoms with E-state index in [2.05, 4.69) is 10.3 Å². The lowest BCUT2D eigenvalue weighted by atomic mass is 10.1. The summed E-state index contributed by atoms with van der Waals surface area (Å²) in [4.78, 5) is 14.8. The first-order chi connectivity index (χ1) is 12.1. The quantitative estimate of drug-likeness (QED) is 0.551. The van der Waals surface area contributed by atoms with Gasteiger partial charge in [0.05, 0.1) is 11.0 Å². The second-order valence-corrected chi connectivity index (χ2v) is 5.36. The van der Waals surface area contributed by atoms with Gasteiger partial charge in [-0.25, -0.2) is 0 Å². The zero-order valence-corrected chi connectivity index (χ0v) is 13.3. The molecule has 0 unspecified atom stereocenters. The summed E-state index contributed by atoms with van der Waals surface area (Å²) in [5.41, 5.74) is 1.16. The standard InChI is InChI=1S/C18H14N4O3/c1-12(13-7-3-2-4-8-13)20-18-15(11-19)21-17(25-18)14-9-5-6-10-16(14)22(23)24/h2-10,12,20H,1H3/t12-/m1/s1. The van der Waals surface area contributed by atoms with Gasteiger partial charge in [0.15, 0.2) is 0 Å². The number of nitro groups is 1. The van der Waals surface area contributed by atoms with E-state index < -0.39 is 4.92 Å². The lowest BCUT2D eigenvalue weighted by molar-refractivity contribution is -0.384. The summed E-state index contributed by atoms with van der Waals surface area (Å²) in [6.07, 6.45) is 0. The summed E-state index contributed by atoms with van der Waals surface area (Å²) < 4.78 is 5.63. The number of nitrogens with one attached hydrogen (secondary N) is 1. The van der Waals surface area contributed by atoms with Crippen molar-refractivity contribution in [2.75, 3.05) is 5.32 Å². The minimum Gasteiger partial charge on any atom is -0.419 e. The minimum absolute atomic E-state index is 0.0339. The zero-order chi connectivity index (χ0) is 17.8. The molecule has 0 aliphatic heterocycles. The van der Waals surface area contributed by atoms with Crippen molar-refractivity contribution in [1.82, 2.24) is 4.98 Å². The zero-order valence-electron chi connectivity index (χ0n) is 13.3. The largest absolute Gasteiger partial charge is 0.419 e. The normalized spacial score (nSPS) is 11.5. The third-order valence-electron chi connectivity index (χ3n) is 3.71. The van der Waals surface area contributed by atoms with Gasteiger partial charge in [-0.3, -0.25) is 10.1 Å². The Labute approximate surface area is 143 Å². The van der Waals surface area contributed by atoms with Crippen LogP contribution in [-0.4, -0.2) is 9.91 Å². The highest BCUT2D eigenvalue weighted by atomic mass is 16.6. The van der Waals surface area contributed by atoms with Gasteiger partial charge in [-0.05, 0) is 18.6 Å². The minimum atomic E-state index is -0.509. The van der Waals surface area contributed by atoms with Crippen molar-refractivity contribution in [3.8, 4) is 17.5 Å². The molecule has 1 atom stereocenters. The molecule has 3 aromatic rings. The molecule has 1 aromatic heterocycles. The number of para-hydroxylation sites is 1. The Morgan fingerprint density at radius 1 is 1.20 bits per heavy atom. The Hall–Kier alpha value is -3.66. The number of hydrogen-bond donors (Lipinski definition) is 1. The van der Waals surface area contributed by atoms with Gasteiger partial charge in [0.2, 0.25) is 17.5 Å². The van der Waals surface area contributed by atoms with Gasteiger partial charge in [-0.15, -0.1) is 0 Å². The molecule has 1 heterocycles. The Bertz CT molecular complexity index is 944. The molecule has 0 spiro atoms. The van der Waals surface area contributed by atoms with Crippen molar-refractivity contribution in [1.29, 1.82) is 5.26 Å². The molecule has 1 N–H and O–H groups in total. The average Bonchev–Trinajstić information content (AvgIpc) is 3.05. The highest BCUT2D eigenvalue weighted by Gasteiger charge is 2.22. The van der Waals surface area contributed by atoms with Crippen LogP contribution in [0.1, 0.15) is 24.2 Å². The first-order valence-electron chi connectivity index (χ1n) is 7.56. The van der Waals surface area contributed by atoms with E-state index in [0.717, 1.165) is 5.56 Å². The van der Waals surface area contributed by atoms with Crippen molar-refractivity contribution in [2.24, 2.45) is 0 Å². The van der Waals surface area contributed by atoms with E-state index in [1.165, 1.54) is 12.1 Å². The Morgan fingerprint density at radius 2 is 1.88 bits per heavy atom. The molecule has 7 heteroatoms. The number of rotatable bonds is 5. The van der Waals surface area contributed by atoms with Gasteiger partial charge < -0.3 is 9.73 Å². The average molecular weight is 334 g/mol. The topological polar surface area (TPSA) is 105 Å². The van der Waals surface area contributed by atoms with Gasteiger partial charge in [0.25, 0.3) is 5.69 Å². The van der Waals surface area contributed by atoms with Crippen LogP contribution >= 0.6 is 0 Å². The second kappa shape index (κ2) is 6.84. The molecule has 0 saturated heterocycles. The first kappa shape index (κ1) is 16.2. The van der Waals surface area contributed by atoms with Gasteiger partial charge in [-0.1, -0.05) is 42.5 Å². The third-order valence-corrected chi connectivity index (χ3v) is 3.71. The fourth-order valence-electron chi connectivity index (χ4n) is 2.44. The van der Waals surface area contributed by atoms with Crippen LogP contribution in [0.5, 0.6) is 0 Å². The SMILES string of the molecule is C[C@@H](Nc1oc(-c2ccccc2[N+](=O)[O-])nc1C#N)c1ccccc1. The van der Waals surface area contributed by atoms with Crippen LogP contribution in [0.3, 0.4) is 0 Å². The molecule has 0 fully saturated rings. The maximum Gasteiger partial charge on any atom is 0.282 e. The lowest BCUT2D eigenvalue weighted by Crippen LogP contribution is -2.06. The fraction of sp³-hybridized carbons (Fsp3) is 0.111. The van der Waals surface area contributed by atoms with Crippen LogP contribution in [-0.2, 0) is 0 Å². The monoisotopic (exact) mass is 334 g/mol. The fourth-order valence-corrected chi connectivity index (χ4v) is 2.44. The van der Waals surface area contributed by atoms with Crippen LogP contribution in [0.4, 0.5) is 11.6 Å². The predicted molar refractivity (Wildman–Crippen MR) is 91.8 cm³/mol. The van der Waals surface area contributed by atoms with Crippen molar-refractivity contribution in [3.63, 3.8) is 0 Å². The van der Waals surface area contributed by atoms with Gasteiger partial charge in [0.1, 0.15) is 11.6 Å². The number of nitrogens with zero attached hydrogens (tertiary/aromatic N) is 3. The number of nitro benzene ring substituents is 1. The van der Waals surface area contributed by atoms with E-state index in [4.69, 9.17) is 4.42 Å². The number of benzene rings is 2. The summed E-state index contributed by atoms with van der Waals surface area (Å²) in [7, 11) is 0. The first-order valence-corrected chi connectivity index (χ1v) is 7.56. The number of hydrogen-bond acceptors (Lipinski definition) is 6. The number of oxazole rings is 1. The molecule has 25 heavy (non-hydrogen) atoms. The van der Waals surface area contributed by atoms with E-state index >= 15 is 0 Å². The van der Waals surface area contributed by atoms with Crippen molar-refractivity contribution in [2.45, 2.75) is 13.0 Å². The molecule has 0 radical (unpaired) electrons. The van der Waals surface area contributed by atoms with Gasteiger partial charge >= 0.3 is 0 Å². The molecular weight excluding hydrogens is 320 g/mol. The summed E-state index contributed by atoms with van der Waals surface area (Å²) in [6.45, 7) is 1.92. The Balaban J connectivity index is 1.96. The number of aromatic nitrogens is 1. The Morgan fingerprint density at radius 3 is 2.56 bits per heavy atom. The molecule has 7 nitrogen and oxygen atoms in total. The lowest BCUT2D eigenvalue weighted by Gasteiger charge is -2.13. The molecule has 0 aliphatic carbocycles. The highest BCUT2D eigenvalue weighted by molar-refractivity contribution is 5.68.